The number of carbonyl (C=O) groups excluding carboxylic acids is 2. The minimum absolute atomic E-state index is 0. The fourth-order valence-corrected chi connectivity index (χ4v) is 5.35. The molecule has 0 saturated carbocycles. The van der Waals surface area contributed by atoms with Gasteiger partial charge in [-0.05, 0) is 44.3 Å². The zero-order valence-corrected chi connectivity index (χ0v) is 23.2. The fourth-order valence-electron chi connectivity index (χ4n) is 4.78. The summed E-state index contributed by atoms with van der Waals surface area (Å²) < 4.78 is 11.7. The molecule has 198 valence electrons. The van der Waals surface area contributed by atoms with Crippen molar-refractivity contribution in [2.45, 2.75) is 104 Å². The molecule has 0 aromatic carbocycles. The van der Waals surface area contributed by atoms with Gasteiger partial charge in [-0.1, -0.05) is 34.1 Å². The number of carbonyl (C=O) groups is 2. The van der Waals surface area contributed by atoms with Gasteiger partial charge in [-0.15, -0.1) is 23.7 Å². The van der Waals surface area contributed by atoms with E-state index in [2.05, 4.69) is 4.98 Å². The van der Waals surface area contributed by atoms with Crippen LogP contribution in [0.5, 0.6) is 0 Å². The second kappa shape index (κ2) is 12.3. The maximum atomic E-state index is 13.2. The van der Waals surface area contributed by atoms with Crippen molar-refractivity contribution in [3.05, 3.63) is 21.7 Å². The normalized spacial score (nSPS) is 35.0. The number of aliphatic hydroxyl groups is 2. The minimum atomic E-state index is -1.22. The number of nitrogens with zero attached hydrogens (tertiary/aromatic N) is 1. The van der Waals surface area contributed by atoms with Crippen LogP contribution in [0.2, 0.25) is 0 Å². The molecule has 3 rings (SSSR count). The Kier molecular flexibility index (Phi) is 10.5. The number of rotatable bonds is 2. The number of hydrogen-bond acceptors (Lipinski definition) is 8. The first kappa shape index (κ1) is 29.9. The van der Waals surface area contributed by atoms with Crippen molar-refractivity contribution in [2.75, 3.05) is 0 Å². The first-order valence-electron chi connectivity index (χ1n) is 12.3. The summed E-state index contributed by atoms with van der Waals surface area (Å²) in [6.45, 7) is 10.8. The smallest absolute Gasteiger partial charge is 0.309 e. The summed E-state index contributed by atoms with van der Waals surface area (Å²) in [4.78, 5) is 30.5. The van der Waals surface area contributed by atoms with E-state index in [1.165, 1.54) is 0 Å². The third kappa shape index (κ3) is 7.59. The Bertz CT molecular complexity index is 915. The highest BCUT2D eigenvalue weighted by Crippen LogP contribution is 2.36. The highest BCUT2D eigenvalue weighted by molar-refractivity contribution is 7.09. The van der Waals surface area contributed by atoms with Gasteiger partial charge in [-0.3, -0.25) is 9.59 Å². The van der Waals surface area contributed by atoms with Crippen LogP contribution in [-0.4, -0.2) is 57.5 Å². The molecular weight excluding hydrogens is 490 g/mol. The highest BCUT2D eigenvalue weighted by Gasteiger charge is 2.44. The molecule has 3 heterocycles. The van der Waals surface area contributed by atoms with E-state index in [1.807, 2.05) is 32.2 Å². The Balaban J connectivity index is 0.00000432. The largest absolute Gasteiger partial charge is 0.458 e. The number of hydrogen-bond donors (Lipinski definition) is 2. The molecule has 0 amide bonds. The number of aliphatic hydroxyl groups excluding tert-OH is 2. The van der Waals surface area contributed by atoms with Crippen molar-refractivity contribution in [1.29, 1.82) is 0 Å². The minimum Gasteiger partial charge on any atom is -0.458 e. The maximum Gasteiger partial charge on any atom is 0.309 e. The van der Waals surface area contributed by atoms with Gasteiger partial charge in [0.2, 0.25) is 0 Å². The van der Waals surface area contributed by atoms with Crippen LogP contribution in [0.3, 0.4) is 0 Å². The molecule has 7 atom stereocenters. The molecule has 1 aromatic heterocycles. The van der Waals surface area contributed by atoms with E-state index < -0.39 is 35.6 Å². The van der Waals surface area contributed by atoms with Crippen molar-refractivity contribution in [3.63, 3.8) is 0 Å². The van der Waals surface area contributed by atoms with E-state index in [9.17, 15) is 19.8 Å². The van der Waals surface area contributed by atoms with E-state index in [0.29, 0.717) is 6.42 Å². The van der Waals surface area contributed by atoms with Gasteiger partial charge in [-0.25, -0.2) is 4.98 Å². The standard InChI is InChI=1S/C26H39NO6S.ClH/c1-14-8-7-9-19-21(32-19)11-20(15(2)10-18-13-34-17(4)27-18)33-23(29)12-22(28)26(5,6)25(31)16(3)24(14)30;/h10,13-14,16,19-22,24,28,30H,7-9,11-12H2,1-6H3;1H/b15-10+;/t14-,16+,19+,20-,21-,22+,24-;/m0./s1. The number of esters is 1. The van der Waals surface area contributed by atoms with Gasteiger partial charge in [0.05, 0.1) is 47.0 Å². The van der Waals surface area contributed by atoms with Gasteiger partial charge in [-0.2, -0.15) is 0 Å². The highest BCUT2D eigenvalue weighted by atomic mass is 35.5. The van der Waals surface area contributed by atoms with Crippen LogP contribution in [0, 0.1) is 24.2 Å². The van der Waals surface area contributed by atoms with Crippen LogP contribution in [0.4, 0.5) is 0 Å². The van der Waals surface area contributed by atoms with E-state index in [-0.39, 0.29) is 42.7 Å². The molecule has 9 heteroatoms. The third-order valence-electron chi connectivity index (χ3n) is 7.41. The summed E-state index contributed by atoms with van der Waals surface area (Å²) in [6.07, 6.45) is 2.28. The van der Waals surface area contributed by atoms with Crippen molar-refractivity contribution in [2.24, 2.45) is 17.3 Å². The van der Waals surface area contributed by atoms with Crippen molar-refractivity contribution >= 4 is 41.6 Å². The van der Waals surface area contributed by atoms with Gasteiger partial charge < -0.3 is 19.7 Å². The molecule has 0 bridgehead atoms. The van der Waals surface area contributed by atoms with Gasteiger partial charge >= 0.3 is 5.97 Å². The fraction of sp³-hybridized carbons (Fsp3) is 0.731. The number of fused-ring (bicyclic) bond motifs is 1. The van der Waals surface area contributed by atoms with E-state index in [0.717, 1.165) is 35.5 Å². The van der Waals surface area contributed by atoms with Gasteiger partial charge in [0.15, 0.2) is 0 Å². The number of aryl methyl sites for hydroxylation is 1. The Hall–Kier alpha value is -1.32. The second-order valence-electron chi connectivity index (χ2n) is 10.6. The molecule has 2 saturated heterocycles. The second-order valence-corrected chi connectivity index (χ2v) is 11.7. The SMILES string of the molecule is C/C(=C\c1csc(C)n1)[C@@H]1C[C@@H]2O[C@@H]2CCC[C@H](C)[C@H](O)[C@@H](C)C(=O)C(C)(C)[C@H](O)CC(=O)O1.Cl. The van der Waals surface area contributed by atoms with Crippen LogP contribution in [0.15, 0.2) is 11.0 Å². The monoisotopic (exact) mass is 529 g/mol. The zero-order valence-electron chi connectivity index (χ0n) is 21.5. The molecule has 2 aliphatic rings. The average Bonchev–Trinajstić information content (AvgIpc) is 3.38. The molecule has 0 aliphatic carbocycles. The van der Waals surface area contributed by atoms with Crippen LogP contribution < -0.4 is 0 Å². The molecule has 2 N–H and O–H groups in total. The first-order valence-corrected chi connectivity index (χ1v) is 13.1. The lowest BCUT2D eigenvalue weighted by Crippen LogP contribution is -2.45. The Morgan fingerprint density at radius 1 is 1.20 bits per heavy atom. The van der Waals surface area contributed by atoms with Crippen molar-refractivity contribution in [3.8, 4) is 0 Å². The predicted molar refractivity (Wildman–Crippen MR) is 139 cm³/mol. The third-order valence-corrected chi connectivity index (χ3v) is 8.20. The number of halogens is 1. The van der Waals surface area contributed by atoms with Crippen molar-refractivity contribution < 1.29 is 29.3 Å². The number of aromatic nitrogens is 1. The lowest BCUT2D eigenvalue weighted by molar-refractivity contribution is -0.154. The van der Waals surface area contributed by atoms with E-state index in [4.69, 9.17) is 9.47 Å². The molecule has 0 unspecified atom stereocenters. The summed E-state index contributed by atoms with van der Waals surface area (Å²) in [7, 11) is 0. The summed E-state index contributed by atoms with van der Waals surface area (Å²) in [5, 5.41) is 24.5. The van der Waals surface area contributed by atoms with Crippen LogP contribution in [0.1, 0.15) is 77.4 Å². The maximum absolute atomic E-state index is 13.2. The first-order chi connectivity index (χ1) is 15.9. The van der Waals surface area contributed by atoms with Gasteiger partial charge in [0.1, 0.15) is 11.9 Å². The molecule has 0 spiro atoms. The van der Waals surface area contributed by atoms with Crippen LogP contribution in [0.25, 0.3) is 6.08 Å². The Morgan fingerprint density at radius 2 is 1.89 bits per heavy atom. The lowest BCUT2D eigenvalue weighted by atomic mass is 9.73. The number of thiazole rings is 1. The number of epoxide rings is 1. The number of ether oxygens (including phenoxy) is 2. The Morgan fingerprint density at radius 3 is 2.51 bits per heavy atom. The van der Waals surface area contributed by atoms with E-state index >= 15 is 0 Å². The summed E-state index contributed by atoms with van der Waals surface area (Å²) in [5.74, 6) is -1.52. The average molecular weight is 530 g/mol. The van der Waals surface area contributed by atoms with Crippen molar-refractivity contribution in [1.82, 2.24) is 4.98 Å². The summed E-state index contributed by atoms with van der Waals surface area (Å²) in [5.41, 5.74) is 0.494. The van der Waals surface area contributed by atoms with Gasteiger partial charge in [0.25, 0.3) is 0 Å². The molecule has 35 heavy (non-hydrogen) atoms. The number of Topliss-reactive ketones (excluding diaryl/α,β-unsaturated/α-hetero) is 1. The van der Waals surface area contributed by atoms with Gasteiger partial charge in [0, 0.05) is 17.7 Å². The molecule has 0 radical (unpaired) electrons. The van der Waals surface area contributed by atoms with E-state index in [1.54, 1.807) is 32.1 Å². The van der Waals surface area contributed by atoms with Crippen LogP contribution in [-0.2, 0) is 19.1 Å². The molecular formula is C26H40ClNO6S. The lowest BCUT2D eigenvalue weighted by Gasteiger charge is -2.34. The van der Waals surface area contributed by atoms with Crippen LogP contribution >= 0.6 is 23.7 Å². The zero-order chi connectivity index (χ0) is 25.2. The Labute approximate surface area is 218 Å². The number of cyclic esters (lactones) is 1. The molecule has 1 aromatic rings. The number of ketones is 1. The molecule has 2 fully saturated rings. The summed E-state index contributed by atoms with van der Waals surface area (Å²) >= 11 is 1.56. The topological polar surface area (TPSA) is 109 Å². The molecule has 7 nitrogen and oxygen atoms in total. The quantitative estimate of drug-likeness (QED) is 0.428. The molecule has 2 aliphatic heterocycles. The summed E-state index contributed by atoms with van der Waals surface area (Å²) in [6, 6.07) is 0. The predicted octanol–water partition coefficient (Wildman–Crippen LogP) is 4.51.